The van der Waals surface area contributed by atoms with Crippen molar-refractivity contribution in [3.05, 3.63) is 65.2 Å². The lowest BCUT2D eigenvalue weighted by Crippen LogP contribution is -2.30. The third-order valence-electron chi connectivity index (χ3n) is 3.17. The van der Waals surface area contributed by atoms with Crippen LogP contribution in [0.3, 0.4) is 0 Å². The smallest absolute Gasteiger partial charge is 0.335 e. The molecular formula is C17H18N2O3. The van der Waals surface area contributed by atoms with Gasteiger partial charge in [0.15, 0.2) is 0 Å². The van der Waals surface area contributed by atoms with Gasteiger partial charge in [-0.1, -0.05) is 29.8 Å². The SMILES string of the molecule is Cc1cccc(CCNC(=O)Nc2ccc(C(=O)O)cc2)c1. The molecule has 22 heavy (non-hydrogen) atoms. The molecule has 114 valence electrons. The molecule has 0 aliphatic rings. The average Bonchev–Trinajstić information content (AvgIpc) is 2.48. The summed E-state index contributed by atoms with van der Waals surface area (Å²) in [5.41, 5.74) is 3.11. The number of hydrogen-bond donors (Lipinski definition) is 3. The number of rotatable bonds is 5. The number of carboxylic acid groups (broad SMARTS) is 1. The van der Waals surface area contributed by atoms with E-state index >= 15 is 0 Å². The summed E-state index contributed by atoms with van der Waals surface area (Å²) < 4.78 is 0. The molecule has 2 amide bonds. The van der Waals surface area contributed by atoms with Crippen LogP contribution in [0.2, 0.25) is 0 Å². The van der Waals surface area contributed by atoms with Crippen LogP contribution in [-0.4, -0.2) is 23.7 Å². The number of aryl methyl sites for hydroxylation is 1. The van der Waals surface area contributed by atoms with Gasteiger partial charge in [-0.3, -0.25) is 0 Å². The van der Waals surface area contributed by atoms with E-state index in [1.54, 1.807) is 12.1 Å². The van der Waals surface area contributed by atoms with Gasteiger partial charge in [-0.15, -0.1) is 0 Å². The summed E-state index contributed by atoms with van der Waals surface area (Å²) in [4.78, 5) is 22.5. The van der Waals surface area contributed by atoms with Crippen molar-refractivity contribution in [3.8, 4) is 0 Å². The lowest BCUT2D eigenvalue weighted by molar-refractivity contribution is 0.0697. The summed E-state index contributed by atoms with van der Waals surface area (Å²) in [6.07, 6.45) is 0.757. The molecule has 0 saturated heterocycles. The zero-order valence-electron chi connectivity index (χ0n) is 12.3. The molecule has 0 bridgehead atoms. The van der Waals surface area contributed by atoms with Crippen molar-refractivity contribution in [1.29, 1.82) is 0 Å². The van der Waals surface area contributed by atoms with Crippen molar-refractivity contribution < 1.29 is 14.7 Å². The lowest BCUT2D eigenvalue weighted by Gasteiger charge is -2.08. The highest BCUT2D eigenvalue weighted by molar-refractivity contribution is 5.91. The zero-order valence-corrected chi connectivity index (χ0v) is 12.3. The van der Waals surface area contributed by atoms with Gasteiger partial charge in [0.05, 0.1) is 5.56 Å². The maximum atomic E-state index is 11.7. The van der Waals surface area contributed by atoms with Crippen LogP contribution in [0.25, 0.3) is 0 Å². The molecule has 0 radical (unpaired) electrons. The number of hydrogen-bond acceptors (Lipinski definition) is 2. The molecule has 3 N–H and O–H groups in total. The third-order valence-corrected chi connectivity index (χ3v) is 3.17. The second-order valence-corrected chi connectivity index (χ2v) is 5.00. The fraction of sp³-hybridized carbons (Fsp3) is 0.176. The molecule has 0 saturated carbocycles. The van der Waals surface area contributed by atoms with Crippen molar-refractivity contribution >= 4 is 17.7 Å². The minimum atomic E-state index is -0.992. The average molecular weight is 298 g/mol. The minimum Gasteiger partial charge on any atom is -0.478 e. The molecule has 0 spiro atoms. The molecule has 0 aliphatic heterocycles. The number of benzene rings is 2. The van der Waals surface area contributed by atoms with E-state index in [-0.39, 0.29) is 11.6 Å². The van der Waals surface area contributed by atoms with E-state index < -0.39 is 5.97 Å². The Kier molecular flexibility index (Phi) is 5.14. The fourth-order valence-electron chi connectivity index (χ4n) is 2.06. The van der Waals surface area contributed by atoms with E-state index in [9.17, 15) is 9.59 Å². The van der Waals surface area contributed by atoms with Crippen LogP contribution in [0.1, 0.15) is 21.5 Å². The highest BCUT2D eigenvalue weighted by atomic mass is 16.4. The monoisotopic (exact) mass is 298 g/mol. The lowest BCUT2D eigenvalue weighted by atomic mass is 10.1. The Labute approximate surface area is 129 Å². The second-order valence-electron chi connectivity index (χ2n) is 5.00. The maximum Gasteiger partial charge on any atom is 0.335 e. The molecule has 0 atom stereocenters. The Morgan fingerprint density at radius 3 is 2.45 bits per heavy atom. The molecule has 0 heterocycles. The van der Waals surface area contributed by atoms with Gasteiger partial charge in [0.2, 0.25) is 0 Å². The van der Waals surface area contributed by atoms with E-state index in [4.69, 9.17) is 5.11 Å². The first-order valence-electron chi connectivity index (χ1n) is 6.98. The summed E-state index contributed by atoms with van der Waals surface area (Å²) in [6, 6.07) is 13.8. The first-order valence-corrected chi connectivity index (χ1v) is 6.98. The topological polar surface area (TPSA) is 78.4 Å². The minimum absolute atomic E-state index is 0.186. The van der Waals surface area contributed by atoms with Crippen molar-refractivity contribution in [3.63, 3.8) is 0 Å². The Hall–Kier alpha value is -2.82. The molecule has 5 heteroatoms. The number of amides is 2. The van der Waals surface area contributed by atoms with Crippen LogP contribution < -0.4 is 10.6 Å². The summed E-state index contributed by atoms with van der Waals surface area (Å²) in [6.45, 7) is 2.56. The fourth-order valence-corrected chi connectivity index (χ4v) is 2.06. The van der Waals surface area contributed by atoms with Gasteiger partial charge in [-0.05, 0) is 43.2 Å². The highest BCUT2D eigenvalue weighted by Crippen LogP contribution is 2.09. The predicted octanol–water partition coefficient (Wildman–Crippen LogP) is 3.06. The number of urea groups is 1. The molecule has 5 nitrogen and oxygen atoms in total. The molecule has 2 rings (SSSR count). The molecular weight excluding hydrogens is 280 g/mol. The second kappa shape index (κ2) is 7.26. The van der Waals surface area contributed by atoms with Gasteiger partial charge in [0.25, 0.3) is 0 Å². The largest absolute Gasteiger partial charge is 0.478 e. The van der Waals surface area contributed by atoms with Crippen LogP contribution >= 0.6 is 0 Å². The quantitative estimate of drug-likeness (QED) is 0.794. The number of carbonyl (C=O) groups excluding carboxylic acids is 1. The Morgan fingerprint density at radius 2 is 1.82 bits per heavy atom. The number of carbonyl (C=O) groups is 2. The molecule has 2 aromatic rings. The van der Waals surface area contributed by atoms with Crippen LogP contribution in [0.5, 0.6) is 0 Å². The zero-order chi connectivity index (χ0) is 15.9. The third kappa shape index (κ3) is 4.63. The van der Waals surface area contributed by atoms with Gasteiger partial charge >= 0.3 is 12.0 Å². The first-order chi connectivity index (χ1) is 10.5. The Balaban J connectivity index is 1.79. The van der Waals surface area contributed by atoms with Crippen molar-refractivity contribution in [2.75, 3.05) is 11.9 Å². The summed E-state index contributed by atoms with van der Waals surface area (Å²) in [5.74, 6) is -0.992. The van der Waals surface area contributed by atoms with Crippen molar-refractivity contribution in [1.82, 2.24) is 5.32 Å². The van der Waals surface area contributed by atoms with E-state index in [1.165, 1.54) is 23.3 Å². The Bertz CT molecular complexity index is 666. The van der Waals surface area contributed by atoms with Crippen LogP contribution in [0, 0.1) is 6.92 Å². The molecule has 2 aromatic carbocycles. The Morgan fingerprint density at radius 1 is 1.09 bits per heavy atom. The van der Waals surface area contributed by atoms with E-state index in [0.29, 0.717) is 12.2 Å². The van der Waals surface area contributed by atoms with Gasteiger partial charge in [-0.25, -0.2) is 9.59 Å². The van der Waals surface area contributed by atoms with Gasteiger partial charge in [-0.2, -0.15) is 0 Å². The summed E-state index contributed by atoms with van der Waals surface area (Å²) in [5, 5.41) is 14.2. The first kappa shape index (κ1) is 15.6. The van der Waals surface area contributed by atoms with E-state index in [2.05, 4.69) is 16.7 Å². The normalized spacial score (nSPS) is 10.0. The standard InChI is InChI=1S/C17H18N2O3/c1-12-3-2-4-13(11-12)9-10-18-17(22)19-15-7-5-14(6-8-15)16(20)21/h2-8,11H,9-10H2,1H3,(H,20,21)(H2,18,19,22). The van der Waals surface area contributed by atoms with Crippen molar-refractivity contribution in [2.45, 2.75) is 13.3 Å². The van der Waals surface area contributed by atoms with Crippen LogP contribution in [0.4, 0.5) is 10.5 Å². The molecule has 0 aromatic heterocycles. The number of nitrogens with one attached hydrogen (secondary N) is 2. The molecule has 0 fully saturated rings. The van der Waals surface area contributed by atoms with E-state index in [0.717, 1.165) is 6.42 Å². The van der Waals surface area contributed by atoms with Gasteiger partial charge < -0.3 is 15.7 Å². The van der Waals surface area contributed by atoms with Crippen LogP contribution in [0.15, 0.2) is 48.5 Å². The van der Waals surface area contributed by atoms with Gasteiger partial charge in [0, 0.05) is 12.2 Å². The maximum absolute atomic E-state index is 11.7. The number of aromatic carboxylic acids is 1. The van der Waals surface area contributed by atoms with Crippen molar-refractivity contribution in [2.24, 2.45) is 0 Å². The molecule has 0 unspecified atom stereocenters. The molecule has 0 aliphatic carbocycles. The summed E-state index contributed by atoms with van der Waals surface area (Å²) >= 11 is 0. The van der Waals surface area contributed by atoms with Gasteiger partial charge in [0.1, 0.15) is 0 Å². The van der Waals surface area contributed by atoms with E-state index in [1.807, 2.05) is 25.1 Å². The summed E-state index contributed by atoms with van der Waals surface area (Å²) in [7, 11) is 0. The van der Waals surface area contributed by atoms with Crippen LogP contribution in [-0.2, 0) is 6.42 Å². The highest BCUT2D eigenvalue weighted by Gasteiger charge is 2.04. The number of anilines is 1. The number of carboxylic acids is 1. The predicted molar refractivity (Wildman–Crippen MR) is 85.3 cm³/mol.